The zero-order valence-electron chi connectivity index (χ0n) is 25.2. The highest BCUT2D eigenvalue weighted by molar-refractivity contribution is 6.28. The number of anilines is 1. The van der Waals surface area contributed by atoms with Gasteiger partial charge in [0.05, 0.1) is 25.3 Å². The van der Waals surface area contributed by atoms with E-state index in [0.29, 0.717) is 30.1 Å². The van der Waals surface area contributed by atoms with E-state index in [-0.39, 0.29) is 17.1 Å². The van der Waals surface area contributed by atoms with Crippen LogP contribution < -0.4 is 4.90 Å². The third-order valence-corrected chi connectivity index (χ3v) is 8.46. The van der Waals surface area contributed by atoms with Gasteiger partial charge in [0, 0.05) is 26.9 Å². The minimum atomic E-state index is -1.12. The van der Waals surface area contributed by atoms with E-state index in [4.69, 9.17) is 30.5 Å². The largest absolute Gasteiger partial charge is 0.469 e. The molecule has 0 spiro atoms. The lowest BCUT2D eigenvalue weighted by Crippen LogP contribution is -2.60. The number of benzene rings is 2. The summed E-state index contributed by atoms with van der Waals surface area (Å²) in [6.45, 7) is 5.74. The lowest BCUT2D eigenvalue weighted by molar-refractivity contribution is -0.165. The number of carbonyl (C=O) groups excluding carboxylic acids is 3. The van der Waals surface area contributed by atoms with Crippen molar-refractivity contribution in [2.24, 2.45) is 0 Å². The fraction of sp³-hybridized carbons (Fsp3) is 0.375. The fourth-order valence-corrected chi connectivity index (χ4v) is 6.35. The van der Waals surface area contributed by atoms with Crippen LogP contribution in [0.2, 0.25) is 5.28 Å². The van der Waals surface area contributed by atoms with Crippen molar-refractivity contribution >= 4 is 46.5 Å². The number of ether oxygens (including phenoxy) is 4. The van der Waals surface area contributed by atoms with Gasteiger partial charge in [-0.25, -0.2) is 4.98 Å². The third kappa shape index (κ3) is 5.71. The van der Waals surface area contributed by atoms with Crippen LogP contribution in [0.5, 0.6) is 0 Å². The summed E-state index contributed by atoms with van der Waals surface area (Å²) in [7, 11) is 1.24. The van der Waals surface area contributed by atoms with Crippen LogP contribution in [0.1, 0.15) is 43.2 Å². The van der Waals surface area contributed by atoms with Gasteiger partial charge in [0.1, 0.15) is 6.10 Å². The molecule has 4 heterocycles. The van der Waals surface area contributed by atoms with E-state index in [9.17, 15) is 14.4 Å². The number of aromatic nitrogens is 4. The number of nitrogens with zero attached hydrogens (tertiary/aromatic N) is 5. The van der Waals surface area contributed by atoms with E-state index < -0.39 is 42.4 Å². The average Bonchev–Trinajstić information content (AvgIpc) is 3.54. The molecule has 2 fully saturated rings. The molecule has 0 radical (unpaired) electrons. The highest BCUT2D eigenvalue weighted by atomic mass is 35.5. The van der Waals surface area contributed by atoms with Crippen LogP contribution >= 0.6 is 11.6 Å². The molecule has 0 amide bonds. The summed E-state index contributed by atoms with van der Waals surface area (Å²) in [4.78, 5) is 52.1. The second-order valence-electron chi connectivity index (χ2n) is 11.3. The molecule has 12 nitrogen and oxygen atoms in total. The summed E-state index contributed by atoms with van der Waals surface area (Å²) in [5.41, 5.74) is 4.04. The Morgan fingerprint density at radius 3 is 2.24 bits per heavy atom. The first-order valence-electron chi connectivity index (χ1n) is 14.4. The quantitative estimate of drug-likeness (QED) is 0.159. The maximum absolute atomic E-state index is 12.2. The lowest BCUT2D eigenvalue weighted by Gasteiger charge is -2.51. The Kier molecular flexibility index (Phi) is 8.19. The van der Waals surface area contributed by atoms with Gasteiger partial charge in [0.2, 0.25) is 5.28 Å². The van der Waals surface area contributed by atoms with Gasteiger partial charge >= 0.3 is 17.9 Å². The van der Waals surface area contributed by atoms with E-state index in [1.54, 1.807) is 4.57 Å². The number of hydrogen-bond acceptors (Lipinski definition) is 11. The molecule has 2 saturated heterocycles. The predicted molar refractivity (Wildman–Crippen MR) is 163 cm³/mol. The Bertz CT molecular complexity index is 1740. The molecule has 45 heavy (non-hydrogen) atoms. The second-order valence-corrected chi connectivity index (χ2v) is 11.6. The fourth-order valence-electron chi connectivity index (χ4n) is 6.19. The van der Waals surface area contributed by atoms with Gasteiger partial charge in [-0.2, -0.15) is 9.97 Å². The van der Waals surface area contributed by atoms with Crippen LogP contribution in [0.4, 0.5) is 5.82 Å². The average molecular weight is 634 g/mol. The molecular formula is C32H32ClN5O7. The topological polar surface area (TPSA) is 135 Å². The van der Waals surface area contributed by atoms with Crippen LogP contribution in [0.25, 0.3) is 11.2 Å². The lowest BCUT2D eigenvalue weighted by atomic mass is 9.68. The van der Waals surface area contributed by atoms with E-state index in [0.717, 1.165) is 0 Å². The van der Waals surface area contributed by atoms with Gasteiger partial charge < -0.3 is 23.8 Å². The van der Waals surface area contributed by atoms with Crippen molar-refractivity contribution in [3.63, 3.8) is 0 Å². The molecule has 0 bridgehead atoms. The van der Waals surface area contributed by atoms with Crippen molar-refractivity contribution in [3.8, 4) is 0 Å². The number of hydrogen-bond donors (Lipinski definition) is 0. The number of carbonyl (C=O) groups is 3. The summed E-state index contributed by atoms with van der Waals surface area (Å²) >= 11 is 6.49. The van der Waals surface area contributed by atoms with Crippen molar-refractivity contribution < 1.29 is 33.3 Å². The summed E-state index contributed by atoms with van der Waals surface area (Å²) < 4.78 is 23.7. The normalized spacial score (nSPS) is 22.1. The van der Waals surface area contributed by atoms with Crippen molar-refractivity contribution in [1.29, 1.82) is 0 Å². The Hall–Kier alpha value is -4.55. The molecule has 0 N–H and O–H groups in total. The number of rotatable bonds is 8. The van der Waals surface area contributed by atoms with Crippen LogP contribution in [0, 0.1) is 6.92 Å². The van der Waals surface area contributed by atoms with Gasteiger partial charge in [0.15, 0.2) is 35.4 Å². The van der Waals surface area contributed by atoms with Crippen LogP contribution in [-0.2, 0) is 38.7 Å². The molecule has 0 aliphatic carbocycles. The van der Waals surface area contributed by atoms with Crippen LogP contribution in [0.3, 0.4) is 0 Å². The number of halogens is 1. The van der Waals surface area contributed by atoms with Gasteiger partial charge in [-0.15, -0.1) is 0 Å². The standard InChI is InChI=1S/C32H32ClN5O7/c1-18-10-12-22(13-11-18)32(21-8-6-5-7-9-21)15-37(16-32)28-25-29(36-31(33)35-28)38(17-34-25)30-27(44-20(3)40)26(43-19(2)39)23(45-30)14-24(41)42-4/h5-13,17,23,26-27,30H,14-16H2,1-4H3/t23-,26-,27-,30-/m1/s1. The summed E-state index contributed by atoms with van der Waals surface area (Å²) in [6.07, 6.45) is -3.00. The Morgan fingerprint density at radius 2 is 1.60 bits per heavy atom. The van der Waals surface area contributed by atoms with Gasteiger partial charge in [-0.05, 0) is 29.7 Å². The Labute approximate surface area is 264 Å². The molecule has 0 unspecified atom stereocenters. The van der Waals surface area contributed by atoms with E-state index >= 15 is 0 Å². The highest BCUT2D eigenvalue weighted by Gasteiger charge is 2.52. The Morgan fingerprint density at radius 1 is 0.956 bits per heavy atom. The number of imidazole rings is 1. The van der Waals surface area contributed by atoms with Crippen LogP contribution in [-0.4, -0.2) is 75.9 Å². The zero-order valence-corrected chi connectivity index (χ0v) is 25.9. The second kappa shape index (κ2) is 12.1. The number of esters is 3. The van der Waals surface area contributed by atoms with Crippen LogP contribution in [0.15, 0.2) is 60.9 Å². The van der Waals surface area contributed by atoms with E-state index in [2.05, 4.69) is 63.2 Å². The monoisotopic (exact) mass is 633 g/mol. The summed E-state index contributed by atoms with van der Waals surface area (Å²) in [5.74, 6) is -1.31. The predicted octanol–water partition coefficient (Wildman–Crippen LogP) is 3.92. The number of methoxy groups -OCH3 is 1. The molecule has 2 aliphatic heterocycles. The molecule has 4 aromatic rings. The first-order valence-corrected chi connectivity index (χ1v) is 14.8. The molecule has 2 aliphatic rings. The molecule has 4 atom stereocenters. The Balaban J connectivity index is 1.37. The number of aryl methyl sites for hydroxylation is 1. The van der Waals surface area contributed by atoms with Crippen molar-refractivity contribution in [1.82, 2.24) is 19.5 Å². The molecule has 13 heteroatoms. The minimum Gasteiger partial charge on any atom is -0.469 e. The molecule has 6 rings (SSSR count). The first-order chi connectivity index (χ1) is 21.6. The number of fused-ring (bicyclic) bond motifs is 1. The summed E-state index contributed by atoms with van der Waals surface area (Å²) in [5, 5.41) is -0.0172. The van der Waals surface area contributed by atoms with Gasteiger partial charge in [0.25, 0.3) is 0 Å². The minimum absolute atomic E-state index is 0.0172. The van der Waals surface area contributed by atoms with Crippen molar-refractivity contribution in [3.05, 3.63) is 82.9 Å². The van der Waals surface area contributed by atoms with Crippen molar-refractivity contribution in [2.45, 2.75) is 57.1 Å². The molecule has 0 saturated carbocycles. The van der Waals surface area contributed by atoms with Gasteiger partial charge in [-0.3, -0.25) is 19.0 Å². The molecule has 234 valence electrons. The maximum Gasteiger partial charge on any atom is 0.308 e. The molecule has 2 aromatic carbocycles. The highest BCUT2D eigenvalue weighted by Crippen LogP contribution is 2.45. The molecule has 2 aromatic heterocycles. The SMILES string of the molecule is COC(=O)C[C@H]1O[C@@H](n2cnc3c(N4CC(c5ccccc5)(c5ccc(C)cc5)C4)nc(Cl)nc32)[C@H](OC(C)=O)[C@@H]1OC(C)=O. The first kappa shape index (κ1) is 30.5. The maximum atomic E-state index is 12.2. The van der Waals surface area contributed by atoms with E-state index in [1.165, 1.54) is 44.0 Å². The van der Waals surface area contributed by atoms with Crippen molar-refractivity contribution in [2.75, 3.05) is 25.1 Å². The smallest absolute Gasteiger partial charge is 0.308 e. The van der Waals surface area contributed by atoms with E-state index in [1.807, 2.05) is 18.2 Å². The third-order valence-electron chi connectivity index (χ3n) is 8.29. The zero-order chi connectivity index (χ0) is 31.9. The molecular weight excluding hydrogens is 602 g/mol. The summed E-state index contributed by atoms with van der Waals surface area (Å²) in [6, 6.07) is 18.9. The van der Waals surface area contributed by atoms with Gasteiger partial charge in [-0.1, -0.05) is 60.2 Å².